The lowest BCUT2D eigenvalue weighted by Crippen LogP contribution is -2.53. The van der Waals surface area contributed by atoms with E-state index in [0.29, 0.717) is 6.54 Å². The summed E-state index contributed by atoms with van der Waals surface area (Å²) < 4.78 is 25.2. The summed E-state index contributed by atoms with van der Waals surface area (Å²) in [7, 11) is 1.83. The zero-order chi connectivity index (χ0) is 21.7. The first-order valence-electron chi connectivity index (χ1n) is 11.1. The minimum absolute atomic E-state index is 0.0315. The Morgan fingerprint density at radius 1 is 1.10 bits per heavy atom. The van der Waals surface area contributed by atoms with Crippen LogP contribution in [0.3, 0.4) is 0 Å². The van der Waals surface area contributed by atoms with Gasteiger partial charge >= 0.3 is 0 Å². The number of aliphatic imine (C=N–C) groups is 1. The van der Waals surface area contributed by atoms with Crippen LogP contribution in [0.4, 0.5) is 4.39 Å². The first-order valence-corrected chi connectivity index (χ1v) is 11.1. The SMILES string of the molecule is CN=C(NCC1(c2ccccc2)CCOCC1)N1CC(C)OC(c2ccc(F)cc2)C1. The molecule has 2 aromatic carbocycles. The molecule has 0 radical (unpaired) electrons. The molecule has 166 valence electrons. The molecule has 6 heteroatoms. The van der Waals surface area contributed by atoms with Gasteiger partial charge in [-0.1, -0.05) is 42.5 Å². The van der Waals surface area contributed by atoms with Crippen molar-refractivity contribution in [3.05, 3.63) is 71.5 Å². The smallest absolute Gasteiger partial charge is 0.193 e. The molecule has 2 aliphatic rings. The standard InChI is InChI=1S/C25H32FN3O2/c1-19-16-29(17-23(31-19)20-8-10-22(26)11-9-20)24(27-2)28-18-25(12-14-30-15-13-25)21-6-4-3-5-7-21/h3-11,19,23H,12-18H2,1-2H3,(H,27,28). The summed E-state index contributed by atoms with van der Waals surface area (Å²) in [5.41, 5.74) is 2.36. The summed E-state index contributed by atoms with van der Waals surface area (Å²) in [5, 5.41) is 3.65. The van der Waals surface area contributed by atoms with E-state index in [0.717, 1.165) is 50.7 Å². The molecule has 5 nitrogen and oxygen atoms in total. The van der Waals surface area contributed by atoms with E-state index in [4.69, 9.17) is 9.47 Å². The molecule has 2 unspecified atom stereocenters. The van der Waals surface area contributed by atoms with E-state index in [2.05, 4.69) is 52.5 Å². The van der Waals surface area contributed by atoms with Crippen LogP contribution in [0.25, 0.3) is 0 Å². The zero-order valence-corrected chi connectivity index (χ0v) is 18.4. The minimum Gasteiger partial charge on any atom is -0.381 e. The van der Waals surface area contributed by atoms with Crippen LogP contribution in [0, 0.1) is 5.82 Å². The molecule has 0 amide bonds. The van der Waals surface area contributed by atoms with Gasteiger partial charge < -0.3 is 19.7 Å². The van der Waals surface area contributed by atoms with Crippen molar-refractivity contribution in [1.29, 1.82) is 0 Å². The fourth-order valence-corrected chi connectivity index (χ4v) is 4.69. The Labute approximate surface area is 184 Å². The van der Waals surface area contributed by atoms with Crippen LogP contribution in [-0.4, -0.2) is 56.9 Å². The topological polar surface area (TPSA) is 46.1 Å². The highest BCUT2D eigenvalue weighted by Gasteiger charge is 2.35. The van der Waals surface area contributed by atoms with E-state index >= 15 is 0 Å². The van der Waals surface area contributed by atoms with Crippen LogP contribution in [-0.2, 0) is 14.9 Å². The normalized spacial score (nSPS) is 24.1. The highest BCUT2D eigenvalue weighted by molar-refractivity contribution is 5.80. The molecule has 2 aliphatic heterocycles. The number of ether oxygens (including phenoxy) is 2. The lowest BCUT2D eigenvalue weighted by Gasteiger charge is -2.41. The third-order valence-corrected chi connectivity index (χ3v) is 6.43. The summed E-state index contributed by atoms with van der Waals surface area (Å²) in [6, 6.07) is 17.3. The molecule has 2 aromatic rings. The number of rotatable bonds is 4. The molecule has 0 spiro atoms. The lowest BCUT2D eigenvalue weighted by atomic mass is 9.74. The summed E-state index contributed by atoms with van der Waals surface area (Å²) in [6.07, 6.45) is 1.90. The van der Waals surface area contributed by atoms with Gasteiger partial charge in [-0.3, -0.25) is 4.99 Å². The maximum Gasteiger partial charge on any atom is 0.193 e. The number of benzene rings is 2. The molecule has 1 N–H and O–H groups in total. The quantitative estimate of drug-likeness (QED) is 0.596. The maximum absolute atomic E-state index is 13.4. The Morgan fingerprint density at radius 2 is 1.81 bits per heavy atom. The van der Waals surface area contributed by atoms with Crippen molar-refractivity contribution in [2.45, 2.75) is 37.4 Å². The van der Waals surface area contributed by atoms with Crippen molar-refractivity contribution >= 4 is 5.96 Å². The molecule has 0 bridgehead atoms. The van der Waals surface area contributed by atoms with Crippen LogP contribution in [0.5, 0.6) is 0 Å². The Hall–Kier alpha value is -2.44. The minimum atomic E-state index is -0.232. The van der Waals surface area contributed by atoms with E-state index in [9.17, 15) is 4.39 Å². The Balaban J connectivity index is 1.48. The van der Waals surface area contributed by atoms with Crippen LogP contribution in [0.2, 0.25) is 0 Å². The van der Waals surface area contributed by atoms with Crippen LogP contribution in [0.15, 0.2) is 59.6 Å². The third kappa shape index (κ3) is 5.08. The average Bonchev–Trinajstić information content (AvgIpc) is 2.81. The summed E-state index contributed by atoms with van der Waals surface area (Å²) >= 11 is 0. The van der Waals surface area contributed by atoms with Gasteiger partial charge in [0, 0.05) is 38.8 Å². The molecule has 2 heterocycles. The van der Waals surface area contributed by atoms with Gasteiger partial charge in [0.15, 0.2) is 5.96 Å². The van der Waals surface area contributed by atoms with Crippen molar-refractivity contribution in [3.8, 4) is 0 Å². The second-order valence-corrected chi connectivity index (χ2v) is 8.55. The number of guanidine groups is 1. The zero-order valence-electron chi connectivity index (χ0n) is 18.4. The molecular weight excluding hydrogens is 393 g/mol. The summed E-state index contributed by atoms with van der Waals surface area (Å²) in [6.45, 7) is 5.86. The Bertz CT molecular complexity index is 866. The number of hydrogen-bond acceptors (Lipinski definition) is 3. The van der Waals surface area contributed by atoms with E-state index in [1.54, 1.807) is 12.1 Å². The first kappa shape index (κ1) is 21.8. The Morgan fingerprint density at radius 3 is 2.48 bits per heavy atom. The maximum atomic E-state index is 13.4. The molecule has 4 rings (SSSR count). The van der Waals surface area contributed by atoms with Crippen molar-refractivity contribution in [1.82, 2.24) is 10.2 Å². The molecule has 2 fully saturated rings. The number of halogens is 1. The number of nitrogens with zero attached hydrogens (tertiary/aromatic N) is 2. The third-order valence-electron chi connectivity index (χ3n) is 6.43. The van der Waals surface area contributed by atoms with Gasteiger partial charge in [0.1, 0.15) is 11.9 Å². The summed E-state index contributed by atoms with van der Waals surface area (Å²) in [5.74, 6) is 0.647. The van der Waals surface area contributed by atoms with Gasteiger partial charge in [-0.25, -0.2) is 4.39 Å². The fourth-order valence-electron chi connectivity index (χ4n) is 4.69. The van der Waals surface area contributed by atoms with Gasteiger partial charge in [-0.05, 0) is 43.0 Å². The van der Waals surface area contributed by atoms with Gasteiger partial charge in [0.25, 0.3) is 0 Å². The van der Waals surface area contributed by atoms with E-state index in [-0.39, 0.29) is 23.4 Å². The number of morpholine rings is 1. The molecule has 2 saturated heterocycles. The molecule has 0 saturated carbocycles. The fraction of sp³-hybridized carbons (Fsp3) is 0.480. The van der Waals surface area contributed by atoms with Gasteiger partial charge in [0.05, 0.1) is 12.6 Å². The predicted octanol–water partition coefficient (Wildman–Crippen LogP) is 3.91. The van der Waals surface area contributed by atoms with Crippen LogP contribution in [0.1, 0.15) is 37.0 Å². The predicted molar refractivity (Wildman–Crippen MR) is 121 cm³/mol. The lowest BCUT2D eigenvalue weighted by molar-refractivity contribution is -0.0606. The number of nitrogens with one attached hydrogen (secondary N) is 1. The average molecular weight is 426 g/mol. The monoisotopic (exact) mass is 425 g/mol. The largest absolute Gasteiger partial charge is 0.381 e. The van der Waals surface area contributed by atoms with Gasteiger partial charge in [0.2, 0.25) is 0 Å². The van der Waals surface area contributed by atoms with Crippen LogP contribution >= 0.6 is 0 Å². The highest BCUT2D eigenvalue weighted by atomic mass is 19.1. The second kappa shape index (κ2) is 9.79. The van der Waals surface area contributed by atoms with E-state index in [1.165, 1.54) is 17.7 Å². The summed E-state index contributed by atoms with van der Waals surface area (Å²) in [4.78, 5) is 6.83. The molecule has 2 atom stereocenters. The van der Waals surface area contributed by atoms with E-state index in [1.807, 2.05) is 7.05 Å². The van der Waals surface area contributed by atoms with E-state index < -0.39 is 0 Å². The van der Waals surface area contributed by atoms with Crippen LogP contribution < -0.4 is 5.32 Å². The van der Waals surface area contributed by atoms with Gasteiger partial charge in [-0.15, -0.1) is 0 Å². The van der Waals surface area contributed by atoms with Crippen molar-refractivity contribution < 1.29 is 13.9 Å². The molecule has 31 heavy (non-hydrogen) atoms. The number of hydrogen-bond donors (Lipinski definition) is 1. The molecule has 0 aliphatic carbocycles. The van der Waals surface area contributed by atoms with Crippen molar-refractivity contribution in [3.63, 3.8) is 0 Å². The first-order chi connectivity index (χ1) is 15.1. The Kier molecular flexibility index (Phi) is 6.88. The van der Waals surface area contributed by atoms with Gasteiger partial charge in [-0.2, -0.15) is 0 Å². The van der Waals surface area contributed by atoms with Crippen molar-refractivity contribution in [2.24, 2.45) is 4.99 Å². The van der Waals surface area contributed by atoms with Crippen molar-refractivity contribution in [2.75, 3.05) is 39.9 Å². The second-order valence-electron chi connectivity index (χ2n) is 8.55. The molecule has 0 aromatic heterocycles. The highest BCUT2D eigenvalue weighted by Crippen LogP contribution is 2.34. The molecular formula is C25H32FN3O2.